The molecule has 3 aliphatic rings. The molecule has 3 amide bonds. The zero-order valence-electron chi connectivity index (χ0n) is 30.4. The number of fused-ring (bicyclic) bond motifs is 5. The van der Waals surface area contributed by atoms with Gasteiger partial charge in [-0.25, -0.2) is 14.2 Å². The van der Waals surface area contributed by atoms with E-state index >= 15 is 4.39 Å². The lowest BCUT2D eigenvalue weighted by atomic mass is 9.81. The number of nitrogens with one attached hydrogen (secondary N) is 3. The Kier molecular flexibility index (Phi) is 10.1. The summed E-state index contributed by atoms with van der Waals surface area (Å²) in [6, 6.07) is 11.4. The van der Waals surface area contributed by atoms with E-state index in [9.17, 15) is 33.9 Å². The molecule has 286 valence electrons. The highest BCUT2D eigenvalue weighted by Crippen LogP contribution is 2.46. The molecule has 2 aromatic heterocycles. The third-order valence-electron chi connectivity index (χ3n) is 11.0. The summed E-state index contributed by atoms with van der Waals surface area (Å²) in [6.07, 6.45) is 0.836. The van der Waals surface area contributed by atoms with E-state index in [0.29, 0.717) is 51.8 Å². The van der Waals surface area contributed by atoms with E-state index in [2.05, 4.69) is 16.0 Å². The summed E-state index contributed by atoms with van der Waals surface area (Å²) in [5.74, 6) is -4.01. The van der Waals surface area contributed by atoms with Crippen molar-refractivity contribution < 1.29 is 38.2 Å². The number of hydrogen-bond donors (Lipinski definition) is 5. The molecule has 6 N–H and O–H groups in total. The fourth-order valence-electron chi connectivity index (χ4n) is 8.03. The number of ketones is 1. The number of rotatable bonds is 12. The number of Topliss-reactive ketones (excluding diaryl/α,β-unsaturated/α-hetero) is 1. The zero-order chi connectivity index (χ0) is 39.2. The van der Waals surface area contributed by atoms with Gasteiger partial charge in [-0.3, -0.25) is 24.0 Å². The van der Waals surface area contributed by atoms with Gasteiger partial charge < -0.3 is 36.1 Å². The van der Waals surface area contributed by atoms with Crippen molar-refractivity contribution in [1.82, 2.24) is 25.5 Å². The summed E-state index contributed by atoms with van der Waals surface area (Å²) < 4.78 is 22.0. The molecule has 0 radical (unpaired) electrons. The number of ether oxygens (including phenoxy) is 1. The number of aliphatic hydroxyl groups is 1. The van der Waals surface area contributed by atoms with Crippen LogP contribution in [0.2, 0.25) is 0 Å². The number of nitrogens with zero attached hydrogens (tertiary/aromatic N) is 2. The van der Waals surface area contributed by atoms with Crippen LogP contribution < -0.4 is 27.2 Å². The Morgan fingerprint density at radius 1 is 1.07 bits per heavy atom. The second-order valence-corrected chi connectivity index (χ2v) is 14.3. The maximum atomic E-state index is 15.3. The lowest BCUT2D eigenvalue weighted by Gasteiger charge is -2.31. The number of aryl methyl sites for hydroxylation is 1. The molecule has 7 rings (SSSR count). The molecule has 0 bridgehead atoms. The predicted molar refractivity (Wildman–Crippen MR) is 197 cm³/mol. The number of hydrogen-bond acceptors (Lipinski definition) is 10. The molecule has 14 nitrogen and oxygen atoms in total. The molecule has 0 spiro atoms. The first-order valence-corrected chi connectivity index (χ1v) is 18.3. The third-order valence-corrected chi connectivity index (χ3v) is 11.0. The number of pyridine rings is 2. The van der Waals surface area contributed by atoms with Gasteiger partial charge in [-0.1, -0.05) is 37.3 Å². The van der Waals surface area contributed by atoms with Gasteiger partial charge in [0, 0.05) is 34.9 Å². The first-order valence-electron chi connectivity index (χ1n) is 18.3. The smallest absolute Gasteiger partial charge is 0.343 e. The molecule has 55 heavy (non-hydrogen) atoms. The lowest BCUT2D eigenvalue weighted by Crippen LogP contribution is -2.44. The van der Waals surface area contributed by atoms with Crippen LogP contribution in [0.1, 0.15) is 71.2 Å². The van der Waals surface area contributed by atoms with Crippen LogP contribution in [0.15, 0.2) is 47.3 Å². The van der Waals surface area contributed by atoms with Crippen LogP contribution in [0, 0.1) is 18.7 Å². The van der Waals surface area contributed by atoms with Crippen LogP contribution in [0.25, 0.3) is 22.3 Å². The van der Waals surface area contributed by atoms with Crippen molar-refractivity contribution in [3.8, 4) is 11.4 Å². The SMILES string of the molecule is CC[C@@]1(O)C(=O)OCc2c1cc1n(c2=O)Cc2c-1nc1cc(F)c(C)c3c1c2C(NC(=O)CNC(=O)[C@@H](CC(=O)CNC(=O)CN)Cc1ccccc1)CC3. The topological polar surface area (TPSA) is 212 Å². The molecular weight excluding hydrogens is 711 g/mol. The number of nitrogens with two attached hydrogens (primary N) is 1. The maximum Gasteiger partial charge on any atom is 0.343 e. The predicted octanol–water partition coefficient (Wildman–Crippen LogP) is 1.64. The molecule has 2 aliphatic heterocycles. The van der Waals surface area contributed by atoms with E-state index < -0.39 is 59.2 Å². The molecule has 4 aromatic rings. The standard InChI is InChI=1S/C40H41FN6O8/c1-3-40(54)27-13-31-36-25(18-47(31)38(52)26(27)19-55-39(40)53)35-29(10-9-24-20(2)28(41)14-30(46-36)34(24)35)45-33(50)17-44-37(51)22(11-21-7-5-4-6-8-21)12-23(48)16-43-32(49)15-42/h4-8,13-14,22,29,54H,3,9-12,15-19,42H2,1-2H3,(H,43,49)(H,44,51)(H,45,50)/t22-,29?,40+/m1/s1. The quantitative estimate of drug-likeness (QED) is 0.116. The van der Waals surface area contributed by atoms with Crippen LogP contribution >= 0.6 is 0 Å². The van der Waals surface area contributed by atoms with Gasteiger partial charge in [0.25, 0.3) is 5.56 Å². The van der Waals surface area contributed by atoms with Gasteiger partial charge in [0.05, 0.1) is 54.7 Å². The average Bonchev–Trinajstić information content (AvgIpc) is 3.55. The van der Waals surface area contributed by atoms with Gasteiger partial charge in [0.1, 0.15) is 12.4 Å². The summed E-state index contributed by atoms with van der Waals surface area (Å²) in [4.78, 5) is 82.9. The van der Waals surface area contributed by atoms with E-state index in [4.69, 9.17) is 15.5 Å². The minimum Gasteiger partial charge on any atom is -0.458 e. The Bertz CT molecular complexity index is 2340. The molecule has 1 aliphatic carbocycles. The Labute approximate surface area is 314 Å². The third kappa shape index (κ3) is 6.78. The first kappa shape index (κ1) is 37.5. The summed E-state index contributed by atoms with van der Waals surface area (Å²) in [6.45, 7) is 2.13. The van der Waals surface area contributed by atoms with E-state index in [1.807, 2.05) is 30.3 Å². The highest BCUT2D eigenvalue weighted by Gasteiger charge is 2.46. The molecule has 0 fully saturated rings. The fraction of sp³-hybridized carbons (Fsp3) is 0.375. The molecule has 1 unspecified atom stereocenters. The molecule has 3 atom stereocenters. The van der Waals surface area contributed by atoms with Crippen LogP contribution in [0.5, 0.6) is 0 Å². The summed E-state index contributed by atoms with van der Waals surface area (Å²) in [5.41, 5.74) is 7.55. The Morgan fingerprint density at radius 3 is 2.56 bits per heavy atom. The van der Waals surface area contributed by atoms with E-state index in [-0.39, 0.29) is 62.4 Å². The lowest BCUT2D eigenvalue weighted by molar-refractivity contribution is -0.172. The number of esters is 1. The number of carbonyl (C=O) groups is 5. The van der Waals surface area contributed by atoms with Crippen LogP contribution in [-0.4, -0.2) is 63.8 Å². The highest BCUT2D eigenvalue weighted by molar-refractivity contribution is 5.95. The van der Waals surface area contributed by atoms with E-state index in [1.165, 1.54) is 10.6 Å². The van der Waals surface area contributed by atoms with Crippen LogP contribution in [0.4, 0.5) is 4.39 Å². The van der Waals surface area contributed by atoms with Gasteiger partial charge >= 0.3 is 5.97 Å². The Hall–Kier alpha value is -5.80. The van der Waals surface area contributed by atoms with E-state index in [1.54, 1.807) is 19.9 Å². The average molecular weight is 753 g/mol. The Morgan fingerprint density at radius 2 is 1.84 bits per heavy atom. The minimum atomic E-state index is -2.03. The number of aromatic nitrogens is 2. The Balaban J connectivity index is 1.17. The van der Waals surface area contributed by atoms with Crippen molar-refractivity contribution >= 4 is 40.4 Å². The van der Waals surface area contributed by atoms with Gasteiger partial charge in [0.15, 0.2) is 11.4 Å². The molecule has 4 heterocycles. The zero-order valence-corrected chi connectivity index (χ0v) is 30.4. The normalized spacial score (nSPS) is 18.4. The molecule has 0 saturated heterocycles. The van der Waals surface area contributed by atoms with Crippen molar-refractivity contribution in [1.29, 1.82) is 0 Å². The molecule has 15 heteroatoms. The number of cyclic esters (lactones) is 1. The number of benzene rings is 2. The number of amides is 3. The van der Waals surface area contributed by atoms with Crippen molar-refractivity contribution in [2.75, 3.05) is 19.6 Å². The van der Waals surface area contributed by atoms with Crippen LogP contribution in [-0.2, 0) is 60.3 Å². The largest absolute Gasteiger partial charge is 0.458 e. The number of halogens is 1. The second-order valence-electron chi connectivity index (χ2n) is 14.3. The summed E-state index contributed by atoms with van der Waals surface area (Å²) in [5, 5.41) is 20.1. The highest BCUT2D eigenvalue weighted by atomic mass is 19.1. The van der Waals surface area contributed by atoms with Gasteiger partial charge in [-0.05, 0) is 60.9 Å². The second kappa shape index (κ2) is 14.8. The maximum absolute atomic E-state index is 15.3. The van der Waals surface area contributed by atoms with Crippen molar-refractivity contribution in [3.05, 3.63) is 97.6 Å². The van der Waals surface area contributed by atoms with Gasteiger partial charge in [-0.2, -0.15) is 0 Å². The molecular formula is C40H41FN6O8. The first-order chi connectivity index (χ1) is 26.3. The fourth-order valence-corrected chi connectivity index (χ4v) is 8.03. The van der Waals surface area contributed by atoms with Gasteiger partial charge in [-0.15, -0.1) is 0 Å². The summed E-state index contributed by atoms with van der Waals surface area (Å²) >= 11 is 0. The van der Waals surface area contributed by atoms with Gasteiger partial charge in [0.2, 0.25) is 17.7 Å². The van der Waals surface area contributed by atoms with Crippen LogP contribution in [0.3, 0.4) is 0 Å². The van der Waals surface area contributed by atoms with Crippen molar-refractivity contribution in [2.45, 2.75) is 70.7 Å². The van der Waals surface area contributed by atoms with Crippen molar-refractivity contribution in [3.63, 3.8) is 0 Å². The summed E-state index contributed by atoms with van der Waals surface area (Å²) in [7, 11) is 0. The van der Waals surface area contributed by atoms with E-state index in [0.717, 1.165) is 11.1 Å². The minimum absolute atomic E-state index is 0.0280. The molecule has 2 aromatic carbocycles. The monoisotopic (exact) mass is 752 g/mol. The number of carbonyl (C=O) groups excluding carboxylic acids is 5. The molecule has 0 saturated carbocycles. The van der Waals surface area contributed by atoms with Crippen molar-refractivity contribution in [2.24, 2.45) is 11.7 Å².